The van der Waals surface area contributed by atoms with Crippen molar-refractivity contribution in [1.29, 1.82) is 0 Å². The minimum atomic E-state index is -1.13. The molecule has 0 radical (unpaired) electrons. The second-order valence-corrected chi connectivity index (χ2v) is 3.60. The van der Waals surface area contributed by atoms with Crippen LogP contribution in [-0.2, 0) is 4.74 Å². The maximum Gasteiger partial charge on any atom is 0.412 e. The van der Waals surface area contributed by atoms with Gasteiger partial charge in [-0.05, 0) is 18.2 Å². The molecule has 108 valence electrons. The highest BCUT2D eigenvalue weighted by atomic mass is 16.5. The molecule has 0 spiro atoms. The summed E-state index contributed by atoms with van der Waals surface area (Å²) in [6.07, 6.45) is 0.692. The molecule has 20 heavy (non-hydrogen) atoms. The first-order valence-electron chi connectivity index (χ1n) is 5.74. The molecule has 0 unspecified atom stereocenters. The van der Waals surface area contributed by atoms with Gasteiger partial charge in [0.1, 0.15) is 19.0 Å². The normalized spacial score (nSPS) is 9.65. The summed E-state index contributed by atoms with van der Waals surface area (Å²) < 4.78 is 9.92. The third-order valence-corrected chi connectivity index (χ3v) is 2.15. The lowest BCUT2D eigenvalue weighted by Gasteiger charge is -2.12. The second kappa shape index (κ2) is 7.80. The Balaban J connectivity index is 2.89. The Morgan fingerprint density at radius 2 is 2.15 bits per heavy atom. The monoisotopic (exact) mass is 281 g/mol. The van der Waals surface area contributed by atoms with E-state index in [9.17, 15) is 9.59 Å². The molecule has 0 heterocycles. The SMILES string of the molecule is C=CCOC(=O)Nc1ccc(C(=O)O)cc1OCCO. The molecule has 1 aromatic rings. The first-order chi connectivity index (χ1) is 9.58. The Morgan fingerprint density at radius 1 is 1.40 bits per heavy atom. The van der Waals surface area contributed by atoms with Gasteiger partial charge in [-0.3, -0.25) is 5.32 Å². The maximum atomic E-state index is 11.4. The zero-order valence-corrected chi connectivity index (χ0v) is 10.7. The van der Waals surface area contributed by atoms with Gasteiger partial charge in [0, 0.05) is 0 Å². The predicted octanol–water partition coefficient (Wildman–Crippen LogP) is 1.49. The van der Waals surface area contributed by atoms with Gasteiger partial charge in [-0.2, -0.15) is 0 Å². The van der Waals surface area contributed by atoms with Crippen molar-refractivity contribution in [3.8, 4) is 5.75 Å². The molecular weight excluding hydrogens is 266 g/mol. The molecule has 0 bridgehead atoms. The van der Waals surface area contributed by atoms with Gasteiger partial charge in [0.25, 0.3) is 0 Å². The summed E-state index contributed by atoms with van der Waals surface area (Å²) in [5.74, 6) is -0.992. The molecule has 0 saturated carbocycles. The largest absolute Gasteiger partial charge is 0.489 e. The quantitative estimate of drug-likeness (QED) is 0.654. The van der Waals surface area contributed by atoms with Crippen molar-refractivity contribution in [3.05, 3.63) is 36.4 Å². The van der Waals surface area contributed by atoms with Crippen LogP contribution in [0, 0.1) is 0 Å². The molecular formula is C13H15NO6. The van der Waals surface area contributed by atoms with Crippen LogP contribution in [0.2, 0.25) is 0 Å². The smallest absolute Gasteiger partial charge is 0.412 e. The summed E-state index contributed by atoms with van der Waals surface area (Å²) in [6.45, 7) is 3.19. The highest BCUT2D eigenvalue weighted by Crippen LogP contribution is 2.26. The van der Waals surface area contributed by atoms with E-state index in [1.807, 2.05) is 0 Å². The van der Waals surface area contributed by atoms with E-state index in [2.05, 4.69) is 11.9 Å². The average Bonchev–Trinajstić information content (AvgIpc) is 2.43. The Labute approximate surface area is 115 Å². The number of carboxylic acid groups (broad SMARTS) is 1. The Morgan fingerprint density at radius 3 is 2.75 bits per heavy atom. The summed E-state index contributed by atoms with van der Waals surface area (Å²) in [7, 11) is 0. The van der Waals surface area contributed by atoms with E-state index in [1.54, 1.807) is 0 Å². The lowest BCUT2D eigenvalue weighted by molar-refractivity contribution is 0.0696. The number of carbonyl (C=O) groups is 2. The first kappa shape index (κ1) is 15.5. The van der Waals surface area contributed by atoms with Crippen LogP contribution >= 0.6 is 0 Å². The summed E-state index contributed by atoms with van der Waals surface area (Å²) >= 11 is 0. The Bertz CT molecular complexity index is 500. The molecule has 0 fully saturated rings. The minimum Gasteiger partial charge on any atom is -0.489 e. The van der Waals surface area contributed by atoms with Crippen LogP contribution in [0.5, 0.6) is 5.75 Å². The van der Waals surface area contributed by atoms with E-state index < -0.39 is 12.1 Å². The van der Waals surface area contributed by atoms with Crippen molar-refractivity contribution in [3.63, 3.8) is 0 Å². The molecule has 0 aliphatic carbocycles. The zero-order valence-electron chi connectivity index (χ0n) is 10.7. The molecule has 0 aliphatic heterocycles. The van der Waals surface area contributed by atoms with Gasteiger partial charge >= 0.3 is 12.1 Å². The molecule has 1 aromatic carbocycles. The highest BCUT2D eigenvalue weighted by Gasteiger charge is 2.12. The van der Waals surface area contributed by atoms with Crippen LogP contribution in [0.4, 0.5) is 10.5 Å². The van der Waals surface area contributed by atoms with Crippen molar-refractivity contribution >= 4 is 17.7 Å². The van der Waals surface area contributed by atoms with Gasteiger partial charge in [0.2, 0.25) is 0 Å². The Hall–Kier alpha value is -2.54. The molecule has 0 aliphatic rings. The van der Waals surface area contributed by atoms with Gasteiger partial charge < -0.3 is 19.7 Å². The highest BCUT2D eigenvalue weighted by molar-refractivity contribution is 5.91. The number of amides is 1. The van der Waals surface area contributed by atoms with Crippen molar-refractivity contribution in [2.24, 2.45) is 0 Å². The van der Waals surface area contributed by atoms with E-state index in [-0.39, 0.29) is 36.8 Å². The predicted molar refractivity (Wildman–Crippen MR) is 71.1 cm³/mol. The number of benzene rings is 1. The fourth-order valence-electron chi connectivity index (χ4n) is 1.31. The molecule has 7 heteroatoms. The average molecular weight is 281 g/mol. The summed E-state index contributed by atoms with van der Waals surface area (Å²) in [4.78, 5) is 22.3. The van der Waals surface area contributed by atoms with E-state index in [0.29, 0.717) is 0 Å². The number of rotatable bonds is 7. The lowest BCUT2D eigenvalue weighted by Crippen LogP contribution is -2.15. The molecule has 0 saturated heterocycles. The van der Waals surface area contributed by atoms with Crippen LogP contribution in [0.3, 0.4) is 0 Å². The third kappa shape index (κ3) is 4.62. The molecule has 3 N–H and O–H groups in total. The number of hydrogen-bond acceptors (Lipinski definition) is 5. The van der Waals surface area contributed by atoms with Gasteiger partial charge in [-0.1, -0.05) is 12.7 Å². The molecule has 7 nitrogen and oxygen atoms in total. The third-order valence-electron chi connectivity index (χ3n) is 2.15. The number of aromatic carboxylic acids is 1. The number of aliphatic hydroxyl groups is 1. The molecule has 0 aromatic heterocycles. The van der Waals surface area contributed by atoms with E-state index >= 15 is 0 Å². The summed E-state index contributed by atoms with van der Waals surface area (Å²) in [6, 6.07) is 3.95. The van der Waals surface area contributed by atoms with Crippen LogP contribution in [-0.4, -0.2) is 42.1 Å². The van der Waals surface area contributed by atoms with Crippen molar-refractivity contribution in [2.45, 2.75) is 0 Å². The lowest BCUT2D eigenvalue weighted by atomic mass is 10.2. The number of aliphatic hydroxyl groups excluding tert-OH is 1. The Kier molecular flexibility index (Phi) is 6.05. The number of hydrogen-bond donors (Lipinski definition) is 3. The zero-order chi connectivity index (χ0) is 15.0. The van der Waals surface area contributed by atoms with Crippen molar-refractivity contribution < 1.29 is 29.3 Å². The van der Waals surface area contributed by atoms with Crippen LogP contribution in [0.15, 0.2) is 30.9 Å². The second-order valence-electron chi connectivity index (χ2n) is 3.60. The molecule has 1 rings (SSSR count). The fourth-order valence-corrected chi connectivity index (χ4v) is 1.31. The van der Waals surface area contributed by atoms with Crippen LogP contribution in [0.25, 0.3) is 0 Å². The first-order valence-corrected chi connectivity index (χ1v) is 5.74. The number of carbonyl (C=O) groups excluding carboxylic acids is 1. The summed E-state index contributed by atoms with van der Waals surface area (Å²) in [5.41, 5.74) is 0.250. The van der Waals surface area contributed by atoms with E-state index in [4.69, 9.17) is 19.7 Å². The minimum absolute atomic E-state index is 0.00273. The van der Waals surface area contributed by atoms with Gasteiger partial charge in [0.15, 0.2) is 0 Å². The fraction of sp³-hybridized carbons (Fsp3) is 0.231. The maximum absolute atomic E-state index is 11.4. The summed E-state index contributed by atoms with van der Waals surface area (Å²) in [5, 5.41) is 20.0. The molecule has 1 amide bonds. The number of nitrogens with one attached hydrogen (secondary N) is 1. The number of carboxylic acids is 1. The standard InChI is InChI=1S/C13H15NO6/c1-2-6-20-13(18)14-10-4-3-9(12(16)17)8-11(10)19-7-5-15/h2-4,8,15H,1,5-7H2,(H,14,18)(H,16,17). The van der Waals surface area contributed by atoms with Crippen molar-refractivity contribution in [2.75, 3.05) is 25.1 Å². The number of ether oxygens (including phenoxy) is 2. The van der Waals surface area contributed by atoms with E-state index in [0.717, 1.165) is 0 Å². The van der Waals surface area contributed by atoms with Crippen LogP contribution in [0.1, 0.15) is 10.4 Å². The molecule has 0 atom stereocenters. The topological polar surface area (TPSA) is 105 Å². The van der Waals surface area contributed by atoms with Crippen LogP contribution < -0.4 is 10.1 Å². The van der Waals surface area contributed by atoms with Gasteiger partial charge in [0.05, 0.1) is 17.9 Å². The van der Waals surface area contributed by atoms with Crippen molar-refractivity contribution in [1.82, 2.24) is 0 Å². The van der Waals surface area contributed by atoms with Gasteiger partial charge in [-0.25, -0.2) is 9.59 Å². The number of anilines is 1. The van der Waals surface area contributed by atoms with E-state index in [1.165, 1.54) is 24.3 Å². The van der Waals surface area contributed by atoms with Gasteiger partial charge in [-0.15, -0.1) is 0 Å².